The molecule has 0 radical (unpaired) electrons. The first-order valence-electron chi connectivity index (χ1n) is 6.89. The second-order valence-electron chi connectivity index (χ2n) is 5.87. The molecule has 1 fully saturated rings. The molecular weight excluding hydrogens is 224 g/mol. The fraction of sp³-hybridized carbons (Fsp3) is 0.600. The summed E-state index contributed by atoms with van der Waals surface area (Å²) in [5.41, 5.74) is 7.17. The Balaban J connectivity index is 1.47. The van der Waals surface area contributed by atoms with Crippen LogP contribution in [0.15, 0.2) is 24.3 Å². The molecule has 0 spiro atoms. The number of hydrogen-bond donors (Lipinski definition) is 1. The zero-order valence-corrected chi connectivity index (χ0v) is 11.0. The lowest BCUT2D eigenvalue weighted by Gasteiger charge is -2.35. The average molecular weight is 246 g/mol. The van der Waals surface area contributed by atoms with Gasteiger partial charge in [-0.15, -0.1) is 0 Å². The van der Waals surface area contributed by atoms with Crippen molar-refractivity contribution in [1.29, 1.82) is 0 Å². The molecule has 0 amide bonds. The molecule has 98 valence electrons. The Morgan fingerprint density at radius 2 is 2.06 bits per heavy atom. The Morgan fingerprint density at radius 1 is 1.28 bits per heavy atom. The van der Waals surface area contributed by atoms with Crippen molar-refractivity contribution in [2.45, 2.75) is 31.4 Å². The van der Waals surface area contributed by atoms with Crippen molar-refractivity contribution >= 4 is 0 Å². The van der Waals surface area contributed by atoms with Crippen LogP contribution in [0.25, 0.3) is 0 Å². The first-order chi connectivity index (χ1) is 8.70. The van der Waals surface area contributed by atoms with E-state index in [2.05, 4.69) is 30.1 Å². The molecule has 1 aromatic rings. The molecule has 1 saturated carbocycles. The van der Waals surface area contributed by atoms with Gasteiger partial charge in [0.25, 0.3) is 0 Å². The quantitative estimate of drug-likeness (QED) is 0.878. The van der Waals surface area contributed by atoms with Crippen molar-refractivity contribution in [2.75, 3.05) is 20.1 Å². The zero-order chi connectivity index (χ0) is 12.5. The van der Waals surface area contributed by atoms with Crippen LogP contribution in [0.1, 0.15) is 18.4 Å². The first-order valence-corrected chi connectivity index (χ1v) is 6.89. The van der Waals surface area contributed by atoms with Crippen LogP contribution >= 0.6 is 0 Å². The highest BCUT2D eigenvalue weighted by Gasteiger charge is 2.28. The molecule has 18 heavy (non-hydrogen) atoms. The van der Waals surface area contributed by atoms with Gasteiger partial charge in [0, 0.05) is 25.6 Å². The Labute approximate surface area is 109 Å². The van der Waals surface area contributed by atoms with Gasteiger partial charge in [-0.05, 0) is 37.4 Å². The van der Waals surface area contributed by atoms with Gasteiger partial charge in [-0.25, -0.2) is 0 Å². The number of rotatable bonds is 4. The molecule has 3 rings (SSSR count). The number of likely N-dealkylation sites (N-methyl/N-ethyl adjacent to an activating group) is 1. The Kier molecular flexibility index (Phi) is 3.27. The Bertz CT molecular complexity index is 390. The summed E-state index contributed by atoms with van der Waals surface area (Å²) in [6, 6.07) is 8.82. The highest BCUT2D eigenvalue weighted by Crippen LogP contribution is 2.29. The summed E-state index contributed by atoms with van der Waals surface area (Å²) in [5, 5.41) is 0. The summed E-state index contributed by atoms with van der Waals surface area (Å²) in [6.07, 6.45) is 3.75. The normalized spacial score (nSPS) is 29.8. The SMILES string of the molecule is CN(CC1CC(N)C1)CC1Cc2ccccc2O1. The summed E-state index contributed by atoms with van der Waals surface area (Å²) in [5.74, 6) is 1.87. The van der Waals surface area contributed by atoms with Gasteiger partial charge in [-0.1, -0.05) is 18.2 Å². The van der Waals surface area contributed by atoms with E-state index in [9.17, 15) is 0 Å². The standard InChI is InChI=1S/C15H22N2O/c1-17(9-11-6-13(16)7-11)10-14-8-12-4-2-3-5-15(12)18-14/h2-5,11,13-14H,6-10,16H2,1H3. The van der Waals surface area contributed by atoms with E-state index in [0.29, 0.717) is 12.1 Å². The minimum atomic E-state index is 0.321. The monoisotopic (exact) mass is 246 g/mol. The maximum absolute atomic E-state index is 5.97. The third-order valence-electron chi connectivity index (χ3n) is 4.07. The molecule has 0 saturated heterocycles. The van der Waals surface area contributed by atoms with E-state index in [1.54, 1.807) is 0 Å². The van der Waals surface area contributed by atoms with Gasteiger partial charge in [-0.3, -0.25) is 0 Å². The first kappa shape index (κ1) is 12.0. The number of nitrogens with zero attached hydrogens (tertiary/aromatic N) is 1. The number of para-hydroxylation sites is 1. The van der Waals surface area contributed by atoms with Gasteiger partial charge in [0.1, 0.15) is 11.9 Å². The maximum Gasteiger partial charge on any atom is 0.123 e. The second kappa shape index (κ2) is 4.90. The van der Waals surface area contributed by atoms with E-state index in [-0.39, 0.29) is 0 Å². The van der Waals surface area contributed by atoms with E-state index in [4.69, 9.17) is 10.5 Å². The third-order valence-corrected chi connectivity index (χ3v) is 4.07. The molecule has 1 aliphatic carbocycles. The molecule has 1 aromatic carbocycles. The molecule has 1 unspecified atom stereocenters. The summed E-state index contributed by atoms with van der Waals surface area (Å²) in [6.45, 7) is 2.17. The lowest BCUT2D eigenvalue weighted by Crippen LogP contribution is -2.43. The van der Waals surface area contributed by atoms with Gasteiger partial charge < -0.3 is 15.4 Å². The maximum atomic E-state index is 5.97. The molecule has 2 N–H and O–H groups in total. The van der Waals surface area contributed by atoms with Gasteiger partial charge in [0.15, 0.2) is 0 Å². The fourth-order valence-electron chi connectivity index (χ4n) is 3.16. The number of benzene rings is 1. The van der Waals surface area contributed by atoms with E-state index >= 15 is 0 Å². The largest absolute Gasteiger partial charge is 0.488 e. The minimum Gasteiger partial charge on any atom is -0.488 e. The molecule has 1 heterocycles. The molecule has 2 aliphatic rings. The summed E-state index contributed by atoms with van der Waals surface area (Å²) < 4.78 is 5.97. The molecule has 1 aliphatic heterocycles. The lowest BCUT2D eigenvalue weighted by molar-refractivity contribution is 0.129. The number of fused-ring (bicyclic) bond motifs is 1. The van der Waals surface area contributed by atoms with Crippen LogP contribution in [0.4, 0.5) is 0 Å². The third kappa shape index (κ3) is 2.52. The lowest BCUT2D eigenvalue weighted by atomic mass is 9.80. The van der Waals surface area contributed by atoms with Gasteiger partial charge in [0.2, 0.25) is 0 Å². The van der Waals surface area contributed by atoms with Crippen molar-refractivity contribution in [1.82, 2.24) is 4.90 Å². The Morgan fingerprint density at radius 3 is 2.78 bits per heavy atom. The fourth-order valence-corrected chi connectivity index (χ4v) is 3.16. The molecule has 0 bridgehead atoms. The molecule has 0 aromatic heterocycles. The highest BCUT2D eigenvalue weighted by atomic mass is 16.5. The van der Waals surface area contributed by atoms with E-state index in [0.717, 1.165) is 31.2 Å². The van der Waals surface area contributed by atoms with Crippen molar-refractivity contribution in [2.24, 2.45) is 11.7 Å². The highest BCUT2D eigenvalue weighted by molar-refractivity contribution is 5.37. The number of nitrogens with two attached hydrogens (primary N) is 1. The van der Waals surface area contributed by atoms with E-state index in [1.807, 2.05) is 6.07 Å². The number of ether oxygens (including phenoxy) is 1. The van der Waals surface area contributed by atoms with E-state index < -0.39 is 0 Å². The summed E-state index contributed by atoms with van der Waals surface area (Å²) in [7, 11) is 2.19. The van der Waals surface area contributed by atoms with E-state index in [1.165, 1.54) is 18.4 Å². The molecule has 1 atom stereocenters. The molecule has 3 nitrogen and oxygen atoms in total. The average Bonchev–Trinajstić information content (AvgIpc) is 2.68. The topological polar surface area (TPSA) is 38.5 Å². The van der Waals surface area contributed by atoms with Crippen molar-refractivity contribution in [3.05, 3.63) is 29.8 Å². The van der Waals surface area contributed by atoms with Crippen LogP contribution in [-0.4, -0.2) is 37.2 Å². The summed E-state index contributed by atoms with van der Waals surface area (Å²) >= 11 is 0. The summed E-state index contributed by atoms with van der Waals surface area (Å²) in [4.78, 5) is 2.40. The predicted octanol–water partition coefficient (Wildman–Crippen LogP) is 1.66. The zero-order valence-electron chi connectivity index (χ0n) is 11.0. The van der Waals surface area contributed by atoms with Crippen molar-refractivity contribution in [3.63, 3.8) is 0 Å². The van der Waals surface area contributed by atoms with Crippen LogP contribution in [-0.2, 0) is 6.42 Å². The van der Waals surface area contributed by atoms with Gasteiger partial charge >= 0.3 is 0 Å². The van der Waals surface area contributed by atoms with Crippen LogP contribution in [0, 0.1) is 5.92 Å². The molecular formula is C15H22N2O. The predicted molar refractivity (Wildman–Crippen MR) is 72.8 cm³/mol. The Hall–Kier alpha value is -1.06. The van der Waals surface area contributed by atoms with Crippen LogP contribution in [0.2, 0.25) is 0 Å². The molecule has 3 heteroatoms. The second-order valence-corrected chi connectivity index (χ2v) is 5.87. The van der Waals surface area contributed by atoms with Crippen LogP contribution in [0.5, 0.6) is 5.75 Å². The smallest absolute Gasteiger partial charge is 0.123 e. The minimum absolute atomic E-state index is 0.321. The van der Waals surface area contributed by atoms with Crippen LogP contribution < -0.4 is 10.5 Å². The van der Waals surface area contributed by atoms with Crippen LogP contribution in [0.3, 0.4) is 0 Å². The van der Waals surface area contributed by atoms with Crippen molar-refractivity contribution in [3.8, 4) is 5.75 Å². The van der Waals surface area contributed by atoms with Gasteiger partial charge in [-0.2, -0.15) is 0 Å². The van der Waals surface area contributed by atoms with Crippen molar-refractivity contribution < 1.29 is 4.74 Å². The van der Waals surface area contributed by atoms with Gasteiger partial charge in [0.05, 0.1) is 0 Å². The number of hydrogen-bond acceptors (Lipinski definition) is 3.